The topological polar surface area (TPSA) is 47.7 Å². The number of nitrogens with zero attached hydrogens (tertiary/aromatic N) is 1. The summed E-state index contributed by atoms with van der Waals surface area (Å²) < 4.78 is 10.6. The van der Waals surface area contributed by atoms with Gasteiger partial charge in [-0.1, -0.05) is 18.3 Å². The fourth-order valence-electron chi connectivity index (χ4n) is 2.58. The first-order valence-corrected chi connectivity index (χ1v) is 6.83. The number of hydrogen-bond acceptors (Lipinski definition) is 4. The fraction of sp³-hybridized carbons (Fsp3) is 0.500. The molecule has 0 spiro atoms. The van der Waals surface area contributed by atoms with E-state index in [2.05, 4.69) is 4.90 Å². The van der Waals surface area contributed by atoms with Crippen LogP contribution in [-0.2, 0) is 0 Å². The highest BCUT2D eigenvalue weighted by Crippen LogP contribution is 2.33. The molecule has 19 heavy (non-hydrogen) atoms. The quantitative estimate of drug-likeness (QED) is 0.837. The first kappa shape index (κ1) is 14.1. The van der Waals surface area contributed by atoms with Crippen molar-refractivity contribution in [2.24, 2.45) is 5.73 Å². The van der Waals surface area contributed by atoms with Gasteiger partial charge in [0.1, 0.15) is 0 Å². The molecule has 104 valence electrons. The summed E-state index contributed by atoms with van der Waals surface area (Å²) in [4.78, 5) is 2.83. The predicted molar refractivity (Wildman–Crippen MR) is 79.9 cm³/mol. The van der Waals surface area contributed by atoms with Crippen LogP contribution in [0.4, 0.5) is 0 Å². The van der Waals surface area contributed by atoms with Crippen LogP contribution in [0.5, 0.6) is 11.5 Å². The summed E-state index contributed by atoms with van der Waals surface area (Å²) in [5.41, 5.74) is 6.99. The maximum absolute atomic E-state index is 5.93. The Morgan fingerprint density at radius 1 is 1.21 bits per heavy atom. The average Bonchev–Trinajstić information content (AvgIpc) is 2.92. The highest BCUT2D eigenvalue weighted by atomic mass is 32.1. The molecule has 1 aliphatic rings. The zero-order valence-corrected chi connectivity index (χ0v) is 12.2. The van der Waals surface area contributed by atoms with E-state index in [0.29, 0.717) is 10.7 Å². The third-order valence-electron chi connectivity index (χ3n) is 3.50. The molecular weight excluding hydrogens is 260 g/mol. The summed E-state index contributed by atoms with van der Waals surface area (Å²) in [5.74, 6) is 1.43. The first-order chi connectivity index (χ1) is 9.17. The molecule has 1 aromatic carbocycles. The van der Waals surface area contributed by atoms with Crippen molar-refractivity contribution in [3.05, 3.63) is 23.8 Å². The Balaban J connectivity index is 2.33. The second-order valence-corrected chi connectivity index (χ2v) is 5.13. The summed E-state index contributed by atoms with van der Waals surface area (Å²) in [7, 11) is 3.26. The van der Waals surface area contributed by atoms with E-state index in [1.807, 2.05) is 18.2 Å². The monoisotopic (exact) mass is 280 g/mol. The summed E-state index contributed by atoms with van der Waals surface area (Å²) in [6, 6.07) is 5.84. The van der Waals surface area contributed by atoms with Crippen molar-refractivity contribution in [2.75, 3.05) is 27.3 Å². The van der Waals surface area contributed by atoms with E-state index in [4.69, 9.17) is 27.4 Å². The molecule has 1 atom stereocenters. The Bertz CT molecular complexity index is 459. The van der Waals surface area contributed by atoms with Gasteiger partial charge in [-0.15, -0.1) is 0 Å². The van der Waals surface area contributed by atoms with Crippen molar-refractivity contribution in [2.45, 2.75) is 18.9 Å². The Hall–Kier alpha value is -1.33. The minimum absolute atomic E-state index is 0.0164. The molecule has 1 saturated heterocycles. The van der Waals surface area contributed by atoms with Crippen LogP contribution in [0.25, 0.3) is 0 Å². The lowest BCUT2D eigenvalue weighted by Crippen LogP contribution is -2.34. The number of rotatable bonds is 5. The zero-order valence-electron chi connectivity index (χ0n) is 11.4. The molecule has 1 heterocycles. The lowest BCUT2D eigenvalue weighted by molar-refractivity contribution is 0.303. The van der Waals surface area contributed by atoms with Gasteiger partial charge in [0.2, 0.25) is 0 Å². The van der Waals surface area contributed by atoms with Crippen LogP contribution in [0.1, 0.15) is 24.4 Å². The molecule has 0 saturated carbocycles. The number of likely N-dealkylation sites (tertiary alicyclic amines) is 1. The maximum Gasteiger partial charge on any atom is 0.161 e. The van der Waals surface area contributed by atoms with Gasteiger partial charge in [-0.25, -0.2) is 0 Å². The second-order valence-electron chi connectivity index (χ2n) is 4.66. The zero-order chi connectivity index (χ0) is 13.8. The van der Waals surface area contributed by atoms with E-state index < -0.39 is 0 Å². The van der Waals surface area contributed by atoms with E-state index in [1.54, 1.807) is 14.2 Å². The Labute approximate surface area is 119 Å². The van der Waals surface area contributed by atoms with Gasteiger partial charge >= 0.3 is 0 Å². The van der Waals surface area contributed by atoms with Gasteiger partial charge in [0.15, 0.2) is 11.5 Å². The van der Waals surface area contributed by atoms with Crippen LogP contribution in [0.3, 0.4) is 0 Å². The molecule has 2 rings (SSSR count). The Kier molecular flexibility index (Phi) is 4.61. The van der Waals surface area contributed by atoms with Gasteiger partial charge < -0.3 is 15.2 Å². The van der Waals surface area contributed by atoms with Gasteiger partial charge in [0.05, 0.1) is 25.2 Å². The van der Waals surface area contributed by atoms with Crippen LogP contribution in [-0.4, -0.2) is 37.2 Å². The van der Waals surface area contributed by atoms with E-state index in [9.17, 15) is 0 Å². The Morgan fingerprint density at radius 2 is 1.84 bits per heavy atom. The number of benzene rings is 1. The van der Waals surface area contributed by atoms with Crippen LogP contribution in [0.2, 0.25) is 0 Å². The predicted octanol–water partition coefficient (Wildman–Crippen LogP) is 2.13. The van der Waals surface area contributed by atoms with Gasteiger partial charge in [0.25, 0.3) is 0 Å². The summed E-state index contributed by atoms with van der Waals surface area (Å²) in [6.45, 7) is 2.08. The van der Waals surface area contributed by atoms with Gasteiger partial charge in [-0.05, 0) is 43.6 Å². The molecule has 0 aliphatic carbocycles. The summed E-state index contributed by atoms with van der Waals surface area (Å²) >= 11 is 5.24. The van der Waals surface area contributed by atoms with E-state index in [0.717, 1.165) is 24.4 Å². The molecule has 0 aromatic heterocycles. The SMILES string of the molecule is COc1ccc(C(C(N)=S)N2CCCC2)cc1OC. The van der Waals surface area contributed by atoms with E-state index >= 15 is 0 Å². The molecule has 1 unspecified atom stereocenters. The van der Waals surface area contributed by atoms with Gasteiger partial charge in [0, 0.05) is 0 Å². The molecule has 1 aliphatic heterocycles. The van der Waals surface area contributed by atoms with Crippen molar-refractivity contribution >= 4 is 17.2 Å². The number of ether oxygens (including phenoxy) is 2. The minimum Gasteiger partial charge on any atom is -0.493 e. The third kappa shape index (κ3) is 2.98. The number of thiocarbonyl (C=S) groups is 1. The molecule has 5 heteroatoms. The van der Waals surface area contributed by atoms with Crippen molar-refractivity contribution in [1.82, 2.24) is 4.90 Å². The van der Waals surface area contributed by atoms with Gasteiger partial charge in [-0.2, -0.15) is 0 Å². The van der Waals surface area contributed by atoms with Crippen molar-refractivity contribution in [1.29, 1.82) is 0 Å². The first-order valence-electron chi connectivity index (χ1n) is 6.42. The normalized spacial score (nSPS) is 17.2. The lowest BCUT2D eigenvalue weighted by atomic mass is 10.0. The second kappa shape index (κ2) is 6.21. The van der Waals surface area contributed by atoms with Crippen LogP contribution in [0, 0.1) is 0 Å². The molecular formula is C14H20N2O2S. The number of hydrogen-bond donors (Lipinski definition) is 1. The van der Waals surface area contributed by atoms with Crippen molar-refractivity contribution < 1.29 is 9.47 Å². The average molecular weight is 280 g/mol. The molecule has 1 aromatic rings. The van der Waals surface area contributed by atoms with Crippen LogP contribution in [0.15, 0.2) is 18.2 Å². The van der Waals surface area contributed by atoms with E-state index in [-0.39, 0.29) is 6.04 Å². The van der Waals surface area contributed by atoms with Crippen LogP contribution >= 0.6 is 12.2 Å². The largest absolute Gasteiger partial charge is 0.493 e. The standard InChI is InChI=1S/C14H20N2O2S/c1-17-11-6-5-10(9-12(11)18-2)13(14(15)19)16-7-3-4-8-16/h5-6,9,13H,3-4,7-8H2,1-2H3,(H2,15,19). The molecule has 0 radical (unpaired) electrons. The molecule has 1 fully saturated rings. The molecule has 2 N–H and O–H groups in total. The molecule has 0 amide bonds. The smallest absolute Gasteiger partial charge is 0.161 e. The fourth-order valence-corrected chi connectivity index (χ4v) is 2.86. The summed E-state index contributed by atoms with van der Waals surface area (Å²) in [5, 5.41) is 0. The highest BCUT2D eigenvalue weighted by molar-refractivity contribution is 7.80. The van der Waals surface area contributed by atoms with Crippen molar-refractivity contribution in [3.63, 3.8) is 0 Å². The van der Waals surface area contributed by atoms with Gasteiger partial charge in [-0.3, -0.25) is 4.90 Å². The Morgan fingerprint density at radius 3 is 2.37 bits per heavy atom. The lowest BCUT2D eigenvalue weighted by Gasteiger charge is -2.27. The van der Waals surface area contributed by atoms with Crippen LogP contribution < -0.4 is 15.2 Å². The maximum atomic E-state index is 5.93. The highest BCUT2D eigenvalue weighted by Gasteiger charge is 2.26. The minimum atomic E-state index is -0.0164. The number of nitrogens with two attached hydrogens (primary N) is 1. The molecule has 4 nitrogen and oxygen atoms in total. The van der Waals surface area contributed by atoms with Crippen molar-refractivity contribution in [3.8, 4) is 11.5 Å². The molecule has 0 bridgehead atoms. The third-order valence-corrected chi connectivity index (χ3v) is 3.72. The van der Waals surface area contributed by atoms with E-state index in [1.165, 1.54) is 12.8 Å². The summed E-state index contributed by atoms with van der Waals surface area (Å²) in [6.07, 6.45) is 2.40. The number of methoxy groups -OCH3 is 2.